The van der Waals surface area contributed by atoms with Gasteiger partial charge in [0, 0.05) is 6.20 Å². The first-order chi connectivity index (χ1) is 11.6. The Morgan fingerprint density at radius 2 is 1.96 bits per heavy atom. The molecule has 122 valence electrons. The Hall–Kier alpha value is -3.22. The summed E-state index contributed by atoms with van der Waals surface area (Å²) in [6.07, 6.45) is 2.65. The molecule has 7 heteroatoms. The third-order valence-corrected chi connectivity index (χ3v) is 3.13. The van der Waals surface area contributed by atoms with Gasteiger partial charge in [-0.15, -0.1) is 0 Å². The molecule has 2 heterocycles. The highest BCUT2D eigenvalue weighted by molar-refractivity contribution is 5.89. The first kappa shape index (κ1) is 15.7. The molecule has 0 aliphatic carbocycles. The molecular weight excluding hydrogens is 310 g/mol. The monoisotopic (exact) mass is 325 g/mol. The molecule has 0 saturated heterocycles. The van der Waals surface area contributed by atoms with Crippen LogP contribution in [0, 0.1) is 6.92 Å². The van der Waals surface area contributed by atoms with Gasteiger partial charge in [0.2, 0.25) is 0 Å². The minimum atomic E-state index is -0.620. The number of carbonyl (C=O) groups excluding carboxylic acids is 1. The predicted molar refractivity (Wildman–Crippen MR) is 83.6 cm³/mol. The molecule has 0 spiro atoms. The molecule has 0 N–H and O–H groups in total. The standard InChI is InChI=1S/C17H15N3O4/c1-11(16-19-12(2)20-24-16)22-17(21)13-5-7-14(8-6-13)23-15-4-3-9-18-10-15/h3-11H,1-2H3/t11-/m0/s1. The number of hydrogen-bond donors (Lipinski definition) is 0. The van der Waals surface area contributed by atoms with Gasteiger partial charge in [-0.25, -0.2) is 4.79 Å². The summed E-state index contributed by atoms with van der Waals surface area (Å²) >= 11 is 0. The van der Waals surface area contributed by atoms with Gasteiger partial charge in [0.25, 0.3) is 5.89 Å². The average Bonchev–Trinajstić information content (AvgIpc) is 3.03. The summed E-state index contributed by atoms with van der Waals surface area (Å²) in [6.45, 7) is 3.37. The molecule has 3 rings (SSSR count). The second-order valence-electron chi connectivity index (χ2n) is 5.04. The molecule has 0 aliphatic heterocycles. The van der Waals surface area contributed by atoms with Crippen molar-refractivity contribution in [1.82, 2.24) is 15.1 Å². The van der Waals surface area contributed by atoms with E-state index in [2.05, 4.69) is 15.1 Å². The van der Waals surface area contributed by atoms with E-state index in [1.807, 2.05) is 0 Å². The molecule has 0 radical (unpaired) electrons. The molecule has 1 aromatic carbocycles. The maximum atomic E-state index is 12.1. The molecule has 24 heavy (non-hydrogen) atoms. The van der Waals surface area contributed by atoms with Crippen LogP contribution in [0.4, 0.5) is 0 Å². The molecule has 0 fully saturated rings. The largest absolute Gasteiger partial charge is 0.456 e. The zero-order chi connectivity index (χ0) is 16.9. The summed E-state index contributed by atoms with van der Waals surface area (Å²) < 4.78 is 15.9. The van der Waals surface area contributed by atoms with Gasteiger partial charge in [-0.2, -0.15) is 4.98 Å². The van der Waals surface area contributed by atoms with Gasteiger partial charge < -0.3 is 14.0 Å². The zero-order valence-electron chi connectivity index (χ0n) is 13.2. The molecular formula is C17H15N3O4. The number of nitrogens with zero attached hydrogens (tertiary/aromatic N) is 3. The van der Waals surface area contributed by atoms with Crippen LogP contribution >= 0.6 is 0 Å². The van der Waals surface area contributed by atoms with Crippen LogP contribution in [0.2, 0.25) is 0 Å². The number of rotatable bonds is 5. The maximum absolute atomic E-state index is 12.1. The Labute approximate surface area is 138 Å². The zero-order valence-corrected chi connectivity index (χ0v) is 13.2. The number of esters is 1. The first-order valence-electron chi connectivity index (χ1n) is 7.31. The van der Waals surface area contributed by atoms with Crippen LogP contribution in [0.3, 0.4) is 0 Å². The van der Waals surface area contributed by atoms with Crippen LogP contribution in [-0.2, 0) is 4.74 Å². The van der Waals surface area contributed by atoms with Crippen LogP contribution in [-0.4, -0.2) is 21.1 Å². The minimum Gasteiger partial charge on any atom is -0.456 e. The van der Waals surface area contributed by atoms with Crippen molar-refractivity contribution in [3.05, 3.63) is 66.1 Å². The van der Waals surface area contributed by atoms with Crippen molar-refractivity contribution < 1.29 is 18.8 Å². The van der Waals surface area contributed by atoms with Crippen molar-refractivity contribution >= 4 is 5.97 Å². The summed E-state index contributed by atoms with van der Waals surface area (Å²) in [4.78, 5) is 20.2. The predicted octanol–water partition coefficient (Wildman–Crippen LogP) is 3.48. The second kappa shape index (κ2) is 6.91. The van der Waals surface area contributed by atoms with Crippen molar-refractivity contribution in [3.8, 4) is 11.5 Å². The molecule has 0 amide bonds. The van der Waals surface area contributed by atoms with Crippen molar-refractivity contribution in [2.45, 2.75) is 20.0 Å². The summed E-state index contributed by atoms with van der Waals surface area (Å²) in [5, 5.41) is 3.67. The third-order valence-electron chi connectivity index (χ3n) is 3.13. The second-order valence-corrected chi connectivity index (χ2v) is 5.04. The van der Waals surface area contributed by atoms with Gasteiger partial charge in [0.1, 0.15) is 11.5 Å². The number of aromatic nitrogens is 3. The lowest BCUT2D eigenvalue weighted by Crippen LogP contribution is -2.09. The Balaban J connectivity index is 1.63. The Morgan fingerprint density at radius 1 is 1.17 bits per heavy atom. The van der Waals surface area contributed by atoms with Gasteiger partial charge in [0.05, 0.1) is 11.8 Å². The first-order valence-corrected chi connectivity index (χ1v) is 7.31. The van der Waals surface area contributed by atoms with Gasteiger partial charge in [0.15, 0.2) is 11.9 Å². The van der Waals surface area contributed by atoms with Crippen molar-refractivity contribution in [1.29, 1.82) is 0 Å². The fourth-order valence-corrected chi connectivity index (χ4v) is 1.96. The molecule has 0 unspecified atom stereocenters. The maximum Gasteiger partial charge on any atom is 0.338 e. The molecule has 0 bridgehead atoms. The number of aryl methyl sites for hydroxylation is 1. The van der Waals surface area contributed by atoms with E-state index >= 15 is 0 Å². The summed E-state index contributed by atoms with van der Waals surface area (Å²) in [7, 11) is 0. The van der Waals surface area contributed by atoms with E-state index < -0.39 is 12.1 Å². The number of hydrogen-bond acceptors (Lipinski definition) is 7. The Morgan fingerprint density at radius 3 is 2.58 bits per heavy atom. The van der Waals surface area contributed by atoms with Crippen LogP contribution in [0.15, 0.2) is 53.3 Å². The van der Waals surface area contributed by atoms with Gasteiger partial charge in [-0.3, -0.25) is 4.98 Å². The SMILES string of the molecule is Cc1noc([C@H](C)OC(=O)c2ccc(Oc3cccnc3)cc2)n1. The number of carbonyl (C=O) groups is 1. The molecule has 2 aromatic heterocycles. The highest BCUT2D eigenvalue weighted by Crippen LogP contribution is 2.22. The van der Waals surface area contributed by atoms with E-state index in [1.165, 1.54) is 0 Å². The van der Waals surface area contributed by atoms with Crippen LogP contribution < -0.4 is 4.74 Å². The minimum absolute atomic E-state index is 0.261. The van der Waals surface area contributed by atoms with Crippen LogP contribution in [0.1, 0.15) is 35.1 Å². The third kappa shape index (κ3) is 3.75. The highest BCUT2D eigenvalue weighted by atomic mass is 16.6. The van der Waals surface area contributed by atoms with E-state index in [9.17, 15) is 4.79 Å². The Bertz CT molecular complexity index is 815. The van der Waals surface area contributed by atoms with E-state index in [1.54, 1.807) is 62.6 Å². The number of pyridine rings is 1. The molecule has 0 aliphatic rings. The van der Waals surface area contributed by atoms with E-state index in [4.69, 9.17) is 14.0 Å². The molecule has 7 nitrogen and oxygen atoms in total. The highest BCUT2D eigenvalue weighted by Gasteiger charge is 2.18. The number of benzene rings is 1. The van der Waals surface area contributed by atoms with Crippen LogP contribution in [0.5, 0.6) is 11.5 Å². The van der Waals surface area contributed by atoms with Gasteiger partial charge >= 0.3 is 5.97 Å². The smallest absolute Gasteiger partial charge is 0.338 e. The van der Waals surface area contributed by atoms with Gasteiger partial charge in [-0.1, -0.05) is 5.16 Å². The van der Waals surface area contributed by atoms with Crippen molar-refractivity contribution in [2.24, 2.45) is 0 Å². The lowest BCUT2D eigenvalue weighted by Gasteiger charge is -2.10. The fraction of sp³-hybridized carbons (Fsp3) is 0.176. The quantitative estimate of drug-likeness (QED) is 0.663. The van der Waals surface area contributed by atoms with Crippen molar-refractivity contribution in [2.75, 3.05) is 0 Å². The van der Waals surface area contributed by atoms with E-state index in [0.717, 1.165) is 0 Å². The average molecular weight is 325 g/mol. The fourth-order valence-electron chi connectivity index (χ4n) is 1.96. The summed E-state index contributed by atoms with van der Waals surface area (Å²) in [6, 6.07) is 10.2. The van der Waals surface area contributed by atoms with Gasteiger partial charge in [-0.05, 0) is 50.2 Å². The molecule has 0 saturated carbocycles. The normalized spacial score (nSPS) is 11.8. The molecule has 3 aromatic rings. The Kier molecular flexibility index (Phi) is 4.51. The topological polar surface area (TPSA) is 87.3 Å². The molecule has 1 atom stereocenters. The lowest BCUT2D eigenvalue weighted by molar-refractivity contribution is 0.0265. The van der Waals surface area contributed by atoms with Crippen LogP contribution in [0.25, 0.3) is 0 Å². The van der Waals surface area contributed by atoms with E-state index in [0.29, 0.717) is 22.9 Å². The lowest BCUT2D eigenvalue weighted by atomic mass is 10.2. The van der Waals surface area contributed by atoms with E-state index in [-0.39, 0.29) is 5.89 Å². The van der Waals surface area contributed by atoms with Crippen molar-refractivity contribution in [3.63, 3.8) is 0 Å². The number of ether oxygens (including phenoxy) is 2. The summed E-state index contributed by atoms with van der Waals surface area (Å²) in [5.41, 5.74) is 0.400. The summed E-state index contributed by atoms with van der Waals surface area (Å²) in [5.74, 6) is 1.49.